The number of hydrogen-bond acceptors (Lipinski definition) is 3. The molecule has 4 nitrogen and oxygen atoms in total. The Balaban J connectivity index is 1.84. The number of nitrogens with one attached hydrogen (secondary N) is 1. The Kier molecular flexibility index (Phi) is 3.60. The van der Waals surface area contributed by atoms with Crippen molar-refractivity contribution in [3.8, 4) is 17.3 Å². The predicted molar refractivity (Wildman–Crippen MR) is 80.8 cm³/mol. The summed E-state index contributed by atoms with van der Waals surface area (Å²) in [5.41, 5.74) is 2.13. The molecule has 0 bridgehead atoms. The van der Waals surface area contributed by atoms with Crippen LogP contribution in [0.25, 0.3) is 11.3 Å². The highest BCUT2D eigenvalue weighted by Crippen LogP contribution is 2.33. The summed E-state index contributed by atoms with van der Waals surface area (Å²) >= 11 is 3.44. The lowest BCUT2D eigenvalue weighted by Gasteiger charge is -2.16. The number of nitrogens with zero attached hydrogens (tertiary/aromatic N) is 3. The number of nitriles is 1. The van der Waals surface area contributed by atoms with Crippen LogP contribution in [0.3, 0.4) is 0 Å². The maximum absolute atomic E-state index is 9.05. The second-order valence-corrected chi connectivity index (χ2v) is 6.12. The van der Waals surface area contributed by atoms with E-state index in [0.29, 0.717) is 0 Å². The van der Waals surface area contributed by atoms with Crippen molar-refractivity contribution >= 4 is 15.9 Å². The van der Waals surface area contributed by atoms with Crippen LogP contribution in [0.4, 0.5) is 0 Å². The normalized spacial score (nSPS) is 22.9. The van der Waals surface area contributed by atoms with Gasteiger partial charge in [-0.2, -0.15) is 5.26 Å². The maximum Gasteiger partial charge on any atom is 0.123 e. The number of halogens is 1. The van der Waals surface area contributed by atoms with Gasteiger partial charge in [0, 0.05) is 11.0 Å². The Morgan fingerprint density at radius 1 is 1.40 bits per heavy atom. The van der Waals surface area contributed by atoms with E-state index in [9.17, 15) is 0 Å². The van der Waals surface area contributed by atoms with Crippen molar-refractivity contribution in [3.63, 3.8) is 0 Å². The van der Waals surface area contributed by atoms with E-state index in [-0.39, 0.29) is 12.0 Å². The minimum absolute atomic E-state index is 0.103. The molecule has 1 N–H and O–H groups in total. The van der Waals surface area contributed by atoms with E-state index in [1.165, 1.54) is 0 Å². The number of rotatable bonds is 2. The molecule has 1 aromatic heterocycles. The van der Waals surface area contributed by atoms with Crippen molar-refractivity contribution in [2.45, 2.75) is 12.5 Å². The summed E-state index contributed by atoms with van der Waals surface area (Å²) in [6, 6.07) is 10.7. The number of likely N-dealkylation sites (tertiary alicyclic amines) is 1. The van der Waals surface area contributed by atoms with E-state index in [0.717, 1.165) is 34.5 Å². The molecule has 102 valence electrons. The third kappa shape index (κ3) is 2.49. The van der Waals surface area contributed by atoms with Crippen molar-refractivity contribution in [2.24, 2.45) is 5.92 Å². The summed E-state index contributed by atoms with van der Waals surface area (Å²) in [6.07, 6.45) is 2.71. The zero-order valence-electron chi connectivity index (χ0n) is 11.2. The predicted octanol–water partition coefficient (Wildman–Crippen LogP) is 3.36. The lowest BCUT2D eigenvalue weighted by atomic mass is 10.1. The standard InChI is InChI=1S/C15H15BrN4/c1-20-9-10(7-17)6-14(20)15-18-8-13(19-15)11-2-4-12(16)5-3-11/h2-5,8,10,14H,6,9H2,1H3,(H,18,19)/t10-,14+/m1/s1. The number of hydrogen-bond donors (Lipinski definition) is 1. The molecule has 1 aliphatic heterocycles. The average molecular weight is 331 g/mol. The van der Waals surface area contributed by atoms with E-state index < -0.39 is 0 Å². The molecule has 0 aliphatic carbocycles. The molecule has 0 saturated carbocycles. The first-order valence-electron chi connectivity index (χ1n) is 6.58. The van der Waals surface area contributed by atoms with Gasteiger partial charge in [0.05, 0.1) is 29.9 Å². The maximum atomic E-state index is 9.05. The topological polar surface area (TPSA) is 55.7 Å². The Morgan fingerprint density at radius 3 is 2.80 bits per heavy atom. The second kappa shape index (κ2) is 5.39. The fraction of sp³-hybridized carbons (Fsp3) is 0.333. The Bertz CT molecular complexity index is 641. The summed E-state index contributed by atoms with van der Waals surface area (Å²) < 4.78 is 1.06. The van der Waals surface area contributed by atoms with Crippen molar-refractivity contribution in [1.29, 1.82) is 5.26 Å². The van der Waals surface area contributed by atoms with Gasteiger partial charge in [0.25, 0.3) is 0 Å². The van der Waals surface area contributed by atoms with Gasteiger partial charge in [-0.25, -0.2) is 4.98 Å². The van der Waals surface area contributed by atoms with Crippen molar-refractivity contribution in [1.82, 2.24) is 14.9 Å². The van der Waals surface area contributed by atoms with Gasteiger partial charge in [-0.3, -0.25) is 4.90 Å². The van der Waals surface area contributed by atoms with Crippen LogP contribution in [0.15, 0.2) is 34.9 Å². The number of aromatic amines is 1. The largest absolute Gasteiger partial charge is 0.341 e. The third-order valence-electron chi connectivity index (χ3n) is 3.80. The molecule has 0 amide bonds. The van der Waals surface area contributed by atoms with Gasteiger partial charge >= 0.3 is 0 Å². The summed E-state index contributed by atoms with van der Waals surface area (Å²) in [6.45, 7) is 0.815. The van der Waals surface area contributed by atoms with Crippen molar-refractivity contribution in [3.05, 3.63) is 40.8 Å². The fourth-order valence-electron chi connectivity index (χ4n) is 2.69. The van der Waals surface area contributed by atoms with Gasteiger partial charge in [0.15, 0.2) is 0 Å². The molecule has 0 spiro atoms. The highest BCUT2D eigenvalue weighted by atomic mass is 79.9. The Hall–Kier alpha value is -1.64. The molecular weight excluding hydrogens is 316 g/mol. The summed E-state index contributed by atoms with van der Waals surface area (Å²) in [5, 5.41) is 9.05. The summed E-state index contributed by atoms with van der Waals surface area (Å²) in [7, 11) is 2.05. The van der Waals surface area contributed by atoms with Gasteiger partial charge in [-0.05, 0) is 31.2 Å². The van der Waals surface area contributed by atoms with E-state index >= 15 is 0 Å². The minimum Gasteiger partial charge on any atom is -0.341 e. The highest BCUT2D eigenvalue weighted by molar-refractivity contribution is 9.10. The molecule has 1 aliphatic rings. The molecule has 2 atom stereocenters. The van der Waals surface area contributed by atoms with Crippen LogP contribution < -0.4 is 0 Å². The first-order chi connectivity index (χ1) is 9.67. The number of aromatic nitrogens is 2. The molecule has 0 unspecified atom stereocenters. The molecule has 2 heterocycles. The number of H-pyrrole nitrogens is 1. The van der Waals surface area contributed by atoms with Crippen molar-refractivity contribution in [2.75, 3.05) is 13.6 Å². The fourth-order valence-corrected chi connectivity index (χ4v) is 2.96. The van der Waals surface area contributed by atoms with E-state index in [1.807, 2.05) is 25.4 Å². The quantitative estimate of drug-likeness (QED) is 0.918. The van der Waals surface area contributed by atoms with Gasteiger partial charge in [-0.15, -0.1) is 0 Å². The number of benzene rings is 1. The molecule has 1 aromatic carbocycles. The van der Waals surface area contributed by atoms with Crippen molar-refractivity contribution < 1.29 is 0 Å². The highest BCUT2D eigenvalue weighted by Gasteiger charge is 2.32. The molecule has 1 fully saturated rings. The SMILES string of the molecule is CN1C[C@@H](C#N)C[C@H]1c1ncc(-c2ccc(Br)cc2)[nH]1. The first-order valence-corrected chi connectivity index (χ1v) is 7.37. The lowest BCUT2D eigenvalue weighted by Crippen LogP contribution is -2.19. The molecule has 5 heteroatoms. The first kappa shape index (κ1) is 13.3. The molecule has 20 heavy (non-hydrogen) atoms. The van der Waals surface area contributed by atoms with E-state index in [2.05, 4.69) is 49.0 Å². The number of imidazole rings is 1. The molecular formula is C15H15BrN4. The van der Waals surface area contributed by atoms with E-state index in [4.69, 9.17) is 5.26 Å². The van der Waals surface area contributed by atoms with Crippen LogP contribution in [0.1, 0.15) is 18.3 Å². The van der Waals surface area contributed by atoms with Gasteiger partial charge in [0.2, 0.25) is 0 Å². The zero-order valence-corrected chi connectivity index (χ0v) is 12.8. The molecule has 2 aromatic rings. The van der Waals surface area contributed by atoms with Crippen LogP contribution in [0, 0.1) is 17.2 Å². The zero-order chi connectivity index (χ0) is 14.1. The van der Waals surface area contributed by atoms with Gasteiger partial charge in [0.1, 0.15) is 5.82 Å². The Morgan fingerprint density at radius 2 is 2.15 bits per heavy atom. The monoisotopic (exact) mass is 330 g/mol. The average Bonchev–Trinajstić information content (AvgIpc) is 3.06. The summed E-state index contributed by atoms with van der Waals surface area (Å²) in [5.74, 6) is 1.05. The molecule has 3 rings (SSSR count). The minimum atomic E-state index is 0.103. The molecule has 0 radical (unpaired) electrons. The van der Waals surface area contributed by atoms with Crippen LogP contribution in [-0.4, -0.2) is 28.5 Å². The van der Waals surface area contributed by atoms with Gasteiger partial charge in [-0.1, -0.05) is 28.1 Å². The third-order valence-corrected chi connectivity index (χ3v) is 4.33. The van der Waals surface area contributed by atoms with Crippen LogP contribution in [0.2, 0.25) is 0 Å². The van der Waals surface area contributed by atoms with E-state index in [1.54, 1.807) is 0 Å². The van der Waals surface area contributed by atoms with Crippen LogP contribution in [0.5, 0.6) is 0 Å². The smallest absolute Gasteiger partial charge is 0.123 e. The second-order valence-electron chi connectivity index (χ2n) is 5.21. The van der Waals surface area contributed by atoms with Crippen LogP contribution in [-0.2, 0) is 0 Å². The van der Waals surface area contributed by atoms with Crippen LogP contribution >= 0.6 is 15.9 Å². The molecule has 1 saturated heterocycles. The summed E-state index contributed by atoms with van der Waals surface area (Å²) in [4.78, 5) is 10.1. The lowest BCUT2D eigenvalue weighted by molar-refractivity contribution is 0.306. The Labute approximate surface area is 126 Å². The van der Waals surface area contributed by atoms with Gasteiger partial charge < -0.3 is 4.98 Å².